The monoisotopic (exact) mass is 172 g/mol. The summed E-state index contributed by atoms with van der Waals surface area (Å²) in [6.07, 6.45) is 2.50. The lowest BCUT2D eigenvalue weighted by molar-refractivity contribution is 0.111. The van der Waals surface area contributed by atoms with Gasteiger partial charge < -0.3 is 4.98 Å². The highest BCUT2D eigenvalue weighted by atomic mass is 16.1. The van der Waals surface area contributed by atoms with Gasteiger partial charge >= 0.3 is 0 Å². The molecule has 0 aliphatic rings. The second kappa shape index (κ2) is 3.23. The molecule has 3 nitrogen and oxygen atoms in total. The molecule has 0 fully saturated rings. The van der Waals surface area contributed by atoms with Gasteiger partial charge in [0.2, 0.25) is 0 Å². The molecule has 0 atom stereocenters. The number of H-pyrrole nitrogens is 1. The Morgan fingerprint density at radius 1 is 1.23 bits per heavy atom. The topological polar surface area (TPSA) is 45.8 Å². The van der Waals surface area contributed by atoms with Crippen LogP contribution in [0.3, 0.4) is 0 Å². The molecule has 0 bridgehead atoms. The van der Waals surface area contributed by atoms with Crippen LogP contribution in [-0.4, -0.2) is 16.3 Å². The molecular formula is C10H8N2O. The minimum atomic E-state index is 0.570. The first-order chi connectivity index (χ1) is 6.40. The van der Waals surface area contributed by atoms with E-state index in [0.29, 0.717) is 5.69 Å². The van der Waals surface area contributed by atoms with Crippen LogP contribution in [0.1, 0.15) is 10.5 Å². The van der Waals surface area contributed by atoms with Crippen molar-refractivity contribution in [1.82, 2.24) is 9.97 Å². The Hall–Kier alpha value is -1.90. The van der Waals surface area contributed by atoms with Crippen LogP contribution < -0.4 is 0 Å². The third-order valence-electron chi connectivity index (χ3n) is 1.78. The van der Waals surface area contributed by atoms with Crippen molar-refractivity contribution in [3.05, 3.63) is 42.2 Å². The number of nitrogens with zero attached hydrogens (tertiary/aromatic N) is 1. The zero-order valence-corrected chi connectivity index (χ0v) is 6.90. The smallest absolute Gasteiger partial charge is 0.166 e. The van der Waals surface area contributed by atoms with Crippen LogP contribution in [0.4, 0.5) is 0 Å². The number of aldehydes is 1. The SMILES string of the molecule is O=Cc1ccc(-c2ccccn2)[nH]1. The van der Waals surface area contributed by atoms with Crippen LogP contribution in [-0.2, 0) is 0 Å². The maximum absolute atomic E-state index is 10.4. The predicted octanol–water partition coefficient (Wildman–Crippen LogP) is 1.89. The lowest BCUT2D eigenvalue weighted by Gasteiger charge is -1.94. The van der Waals surface area contributed by atoms with Crippen LogP contribution >= 0.6 is 0 Å². The number of nitrogens with one attached hydrogen (secondary N) is 1. The molecule has 0 spiro atoms. The van der Waals surface area contributed by atoms with Crippen LogP contribution in [0.25, 0.3) is 11.4 Å². The fraction of sp³-hybridized carbons (Fsp3) is 0. The van der Waals surface area contributed by atoms with Gasteiger partial charge in [-0.15, -0.1) is 0 Å². The highest BCUT2D eigenvalue weighted by Gasteiger charge is 2.00. The Morgan fingerprint density at radius 3 is 2.77 bits per heavy atom. The van der Waals surface area contributed by atoms with Crippen molar-refractivity contribution < 1.29 is 4.79 Å². The average Bonchev–Trinajstić information content (AvgIpc) is 2.67. The summed E-state index contributed by atoms with van der Waals surface area (Å²) in [5.74, 6) is 0. The van der Waals surface area contributed by atoms with E-state index in [1.807, 2.05) is 24.3 Å². The molecule has 0 saturated heterocycles. The van der Waals surface area contributed by atoms with Crippen molar-refractivity contribution in [2.45, 2.75) is 0 Å². The number of hydrogen-bond donors (Lipinski definition) is 1. The van der Waals surface area contributed by atoms with Gasteiger partial charge in [0.05, 0.1) is 17.1 Å². The van der Waals surface area contributed by atoms with Gasteiger partial charge in [-0.05, 0) is 24.3 Å². The van der Waals surface area contributed by atoms with Gasteiger partial charge in [0.25, 0.3) is 0 Å². The average molecular weight is 172 g/mol. The van der Waals surface area contributed by atoms with Crippen LogP contribution in [0.2, 0.25) is 0 Å². The second-order valence-electron chi connectivity index (χ2n) is 2.66. The van der Waals surface area contributed by atoms with E-state index >= 15 is 0 Å². The van der Waals surface area contributed by atoms with Gasteiger partial charge in [-0.25, -0.2) is 0 Å². The van der Waals surface area contributed by atoms with E-state index in [2.05, 4.69) is 9.97 Å². The summed E-state index contributed by atoms with van der Waals surface area (Å²) in [4.78, 5) is 17.5. The normalized spacial score (nSPS) is 9.85. The maximum Gasteiger partial charge on any atom is 0.166 e. The van der Waals surface area contributed by atoms with E-state index in [0.717, 1.165) is 17.7 Å². The summed E-state index contributed by atoms with van der Waals surface area (Å²) < 4.78 is 0. The molecule has 0 aliphatic carbocycles. The molecule has 64 valence electrons. The number of aromatic nitrogens is 2. The van der Waals surface area contributed by atoms with Crippen molar-refractivity contribution in [2.75, 3.05) is 0 Å². The summed E-state index contributed by atoms with van der Waals surface area (Å²) >= 11 is 0. The Morgan fingerprint density at radius 2 is 2.15 bits per heavy atom. The number of carbonyl (C=O) groups excluding carboxylic acids is 1. The molecule has 3 heteroatoms. The molecule has 13 heavy (non-hydrogen) atoms. The molecule has 0 aromatic carbocycles. The molecule has 0 aliphatic heterocycles. The number of pyridine rings is 1. The van der Waals surface area contributed by atoms with Gasteiger partial charge in [0.1, 0.15) is 0 Å². The number of carbonyl (C=O) groups is 1. The summed E-state index contributed by atoms with van der Waals surface area (Å²) in [5, 5.41) is 0. The van der Waals surface area contributed by atoms with Gasteiger partial charge in [0.15, 0.2) is 6.29 Å². The molecular weight excluding hydrogens is 164 g/mol. The standard InChI is InChI=1S/C10H8N2O/c13-7-8-4-5-10(12-8)9-3-1-2-6-11-9/h1-7,12H. The lowest BCUT2D eigenvalue weighted by atomic mass is 10.3. The number of rotatable bonds is 2. The highest BCUT2D eigenvalue weighted by Crippen LogP contribution is 2.13. The van der Waals surface area contributed by atoms with Gasteiger partial charge in [-0.3, -0.25) is 9.78 Å². The molecule has 2 aromatic heterocycles. The van der Waals surface area contributed by atoms with Gasteiger partial charge in [0, 0.05) is 6.20 Å². The van der Waals surface area contributed by atoms with E-state index < -0.39 is 0 Å². The molecule has 0 unspecified atom stereocenters. The van der Waals surface area contributed by atoms with Crippen molar-refractivity contribution in [3.63, 3.8) is 0 Å². The molecule has 2 aromatic rings. The zero-order chi connectivity index (χ0) is 9.10. The van der Waals surface area contributed by atoms with Crippen molar-refractivity contribution in [3.8, 4) is 11.4 Å². The lowest BCUT2D eigenvalue weighted by Crippen LogP contribution is -1.82. The first kappa shape index (κ1) is 7.73. The van der Waals surface area contributed by atoms with E-state index in [1.54, 1.807) is 12.3 Å². The van der Waals surface area contributed by atoms with Crippen LogP contribution in [0, 0.1) is 0 Å². The summed E-state index contributed by atoms with van der Waals surface area (Å²) in [6.45, 7) is 0. The largest absolute Gasteiger partial charge is 0.351 e. The quantitative estimate of drug-likeness (QED) is 0.703. The number of hydrogen-bond acceptors (Lipinski definition) is 2. The Bertz CT molecular complexity index is 406. The van der Waals surface area contributed by atoms with Crippen molar-refractivity contribution in [1.29, 1.82) is 0 Å². The first-order valence-corrected chi connectivity index (χ1v) is 3.96. The summed E-state index contributed by atoms with van der Waals surface area (Å²) in [5.41, 5.74) is 2.28. The van der Waals surface area contributed by atoms with Crippen molar-refractivity contribution in [2.24, 2.45) is 0 Å². The van der Waals surface area contributed by atoms with E-state index in [4.69, 9.17) is 0 Å². The predicted molar refractivity (Wildman–Crippen MR) is 49.4 cm³/mol. The first-order valence-electron chi connectivity index (χ1n) is 3.96. The molecule has 0 radical (unpaired) electrons. The third-order valence-corrected chi connectivity index (χ3v) is 1.78. The van der Waals surface area contributed by atoms with Gasteiger partial charge in [-0.2, -0.15) is 0 Å². The fourth-order valence-corrected chi connectivity index (χ4v) is 1.15. The zero-order valence-electron chi connectivity index (χ0n) is 6.90. The second-order valence-corrected chi connectivity index (χ2v) is 2.66. The van der Waals surface area contributed by atoms with E-state index in [-0.39, 0.29) is 0 Å². The Balaban J connectivity index is 2.41. The van der Waals surface area contributed by atoms with E-state index in [1.165, 1.54) is 0 Å². The highest BCUT2D eigenvalue weighted by molar-refractivity contribution is 5.74. The summed E-state index contributed by atoms with van der Waals surface area (Å²) in [7, 11) is 0. The fourth-order valence-electron chi connectivity index (χ4n) is 1.15. The number of aromatic amines is 1. The van der Waals surface area contributed by atoms with Crippen LogP contribution in [0.5, 0.6) is 0 Å². The minimum Gasteiger partial charge on any atom is -0.351 e. The Kier molecular flexibility index (Phi) is 1.92. The minimum absolute atomic E-state index is 0.570. The molecule has 2 heterocycles. The van der Waals surface area contributed by atoms with Crippen LogP contribution in [0.15, 0.2) is 36.5 Å². The van der Waals surface area contributed by atoms with Crippen molar-refractivity contribution >= 4 is 6.29 Å². The Labute approximate surface area is 75.4 Å². The maximum atomic E-state index is 10.4. The summed E-state index contributed by atoms with van der Waals surface area (Å²) in [6, 6.07) is 9.22. The van der Waals surface area contributed by atoms with E-state index in [9.17, 15) is 4.79 Å². The third kappa shape index (κ3) is 1.49. The molecule has 0 amide bonds. The molecule has 2 rings (SSSR count). The molecule has 1 N–H and O–H groups in total. The van der Waals surface area contributed by atoms with Gasteiger partial charge in [-0.1, -0.05) is 6.07 Å². The molecule has 0 saturated carbocycles.